The van der Waals surface area contributed by atoms with E-state index >= 15 is 0 Å². The lowest BCUT2D eigenvalue weighted by molar-refractivity contribution is 0.101. The van der Waals surface area contributed by atoms with Gasteiger partial charge in [-0.15, -0.1) is 0 Å². The Hall–Kier alpha value is -3.35. The molecule has 0 atom stereocenters. The Morgan fingerprint density at radius 1 is 1.32 bits per heavy atom. The molecule has 4 aromatic rings. The molecule has 0 aliphatic heterocycles. The first kappa shape index (κ1) is 15.2. The normalized spacial score (nSPS) is 11.1. The summed E-state index contributed by atoms with van der Waals surface area (Å²) in [4.78, 5) is 12.7. The fraction of sp³-hybridized carbons (Fsp3) is 0.111. The van der Waals surface area contributed by atoms with Gasteiger partial charge < -0.3 is 14.3 Å². The van der Waals surface area contributed by atoms with E-state index in [-0.39, 0.29) is 11.7 Å². The Morgan fingerprint density at radius 3 is 2.96 bits per heavy atom. The van der Waals surface area contributed by atoms with E-state index in [0.717, 1.165) is 11.1 Å². The minimum atomic E-state index is -0.311. The molecular weight excluding hydrogens is 323 g/mol. The third-order valence-corrected chi connectivity index (χ3v) is 3.95. The highest BCUT2D eigenvalue weighted by Gasteiger charge is 2.18. The van der Waals surface area contributed by atoms with Crippen LogP contribution in [0.15, 0.2) is 59.5 Å². The monoisotopic (exact) mass is 338 g/mol. The number of nitrogens with one attached hydrogen (secondary N) is 1. The third-order valence-electron chi connectivity index (χ3n) is 3.95. The van der Waals surface area contributed by atoms with E-state index in [2.05, 4.69) is 10.4 Å². The summed E-state index contributed by atoms with van der Waals surface area (Å²) in [7, 11) is 1.77. The molecule has 0 spiro atoms. The van der Waals surface area contributed by atoms with Gasteiger partial charge in [-0.05, 0) is 17.7 Å². The minimum absolute atomic E-state index is 0.282. The number of anilines is 1. The number of furan rings is 1. The van der Waals surface area contributed by atoms with Crippen LogP contribution in [0.2, 0.25) is 0 Å². The number of rotatable bonds is 4. The van der Waals surface area contributed by atoms with Gasteiger partial charge >= 0.3 is 0 Å². The molecule has 0 fully saturated rings. The van der Waals surface area contributed by atoms with Crippen molar-refractivity contribution in [3.05, 3.63) is 72.1 Å². The predicted octanol–water partition coefficient (Wildman–Crippen LogP) is 3.41. The Bertz CT molecular complexity index is 1060. The number of amides is 1. The summed E-state index contributed by atoms with van der Waals surface area (Å²) in [6.45, 7) is 0.358. The van der Waals surface area contributed by atoms with E-state index in [0.29, 0.717) is 23.5 Å². The van der Waals surface area contributed by atoms with Gasteiger partial charge in [0, 0.05) is 31.9 Å². The minimum Gasteiger partial charge on any atom is -0.463 e. The maximum Gasteiger partial charge on any atom is 0.272 e. The first-order chi connectivity index (χ1) is 12.1. The maximum atomic E-state index is 13.5. The van der Waals surface area contributed by atoms with Crippen molar-refractivity contribution in [1.82, 2.24) is 14.3 Å². The largest absolute Gasteiger partial charge is 0.463 e. The standard InChI is InChI=1S/C18H15FN4O2/c1-22-11-14(9-20-22)21-18(24)16-8-17-15(5-6-25-17)23(16)10-12-3-2-4-13(19)7-12/h2-9,11H,10H2,1H3,(H,21,24). The molecule has 126 valence electrons. The second-order valence-electron chi connectivity index (χ2n) is 5.77. The summed E-state index contributed by atoms with van der Waals surface area (Å²) in [6.07, 6.45) is 4.85. The average Bonchev–Trinajstić information content (AvgIpc) is 3.25. The van der Waals surface area contributed by atoms with Crippen molar-refractivity contribution in [3.8, 4) is 0 Å². The number of aryl methyl sites for hydroxylation is 1. The number of carbonyl (C=O) groups is 1. The van der Waals surface area contributed by atoms with Gasteiger partial charge in [0.2, 0.25) is 0 Å². The zero-order valence-corrected chi connectivity index (χ0v) is 13.4. The number of fused-ring (bicyclic) bond motifs is 1. The second-order valence-corrected chi connectivity index (χ2v) is 5.77. The van der Waals surface area contributed by atoms with Crippen molar-refractivity contribution < 1.29 is 13.6 Å². The highest BCUT2D eigenvalue weighted by Crippen LogP contribution is 2.23. The molecule has 25 heavy (non-hydrogen) atoms. The van der Waals surface area contributed by atoms with Gasteiger partial charge in [0.05, 0.1) is 23.7 Å². The number of halogens is 1. The van der Waals surface area contributed by atoms with E-state index in [1.54, 1.807) is 53.2 Å². The van der Waals surface area contributed by atoms with Crippen molar-refractivity contribution in [2.75, 3.05) is 5.32 Å². The van der Waals surface area contributed by atoms with E-state index < -0.39 is 0 Å². The number of nitrogens with zero attached hydrogens (tertiary/aromatic N) is 3. The average molecular weight is 338 g/mol. The van der Waals surface area contributed by atoms with Gasteiger partial charge in [0.15, 0.2) is 5.58 Å². The molecule has 3 aromatic heterocycles. The Morgan fingerprint density at radius 2 is 2.20 bits per heavy atom. The van der Waals surface area contributed by atoms with Crippen LogP contribution < -0.4 is 5.32 Å². The van der Waals surface area contributed by atoms with Crippen LogP contribution in [0.4, 0.5) is 10.1 Å². The Kier molecular flexibility index (Phi) is 3.61. The van der Waals surface area contributed by atoms with Crippen LogP contribution in [0, 0.1) is 5.82 Å². The number of hydrogen-bond acceptors (Lipinski definition) is 3. The summed E-state index contributed by atoms with van der Waals surface area (Å²) in [6, 6.07) is 9.78. The smallest absolute Gasteiger partial charge is 0.272 e. The summed E-state index contributed by atoms with van der Waals surface area (Å²) >= 11 is 0. The molecule has 0 unspecified atom stereocenters. The molecule has 4 rings (SSSR count). The first-order valence-electron chi connectivity index (χ1n) is 7.71. The highest BCUT2D eigenvalue weighted by molar-refractivity contribution is 6.05. The lowest BCUT2D eigenvalue weighted by atomic mass is 10.2. The van der Waals surface area contributed by atoms with Gasteiger partial charge in [0.1, 0.15) is 11.5 Å². The van der Waals surface area contributed by atoms with Gasteiger partial charge in [-0.3, -0.25) is 9.48 Å². The lowest BCUT2D eigenvalue weighted by Crippen LogP contribution is -2.17. The van der Waals surface area contributed by atoms with Crippen LogP contribution in [-0.2, 0) is 13.6 Å². The van der Waals surface area contributed by atoms with Crippen LogP contribution >= 0.6 is 0 Å². The molecular formula is C18H15FN4O2. The van der Waals surface area contributed by atoms with Gasteiger partial charge in [-0.1, -0.05) is 12.1 Å². The van der Waals surface area contributed by atoms with Crippen molar-refractivity contribution in [2.45, 2.75) is 6.54 Å². The highest BCUT2D eigenvalue weighted by atomic mass is 19.1. The van der Waals surface area contributed by atoms with Crippen molar-refractivity contribution in [2.24, 2.45) is 7.05 Å². The summed E-state index contributed by atoms with van der Waals surface area (Å²) in [5, 5.41) is 6.84. The summed E-state index contributed by atoms with van der Waals surface area (Å²) in [5.74, 6) is -0.592. The number of carbonyl (C=O) groups excluding carboxylic acids is 1. The number of benzene rings is 1. The van der Waals surface area contributed by atoms with Gasteiger partial charge in [-0.2, -0.15) is 5.10 Å². The fourth-order valence-corrected chi connectivity index (χ4v) is 2.83. The maximum absolute atomic E-state index is 13.5. The molecule has 1 aromatic carbocycles. The molecule has 7 heteroatoms. The topological polar surface area (TPSA) is 65.0 Å². The third kappa shape index (κ3) is 2.91. The van der Waals surface area contributed by atoms with E-state index in [4.69, 9.17) is 4.42 Å². The molecule has 0 saturated heterocycles. The second kappa shape index (κ2) is 5.94. The fourth-order valence-electron chi connectivity index (χ4n) is 2.83. The van der Waals surface area contributed by atoms with Crippen LogP contribution in [0.1, 0.15) is 16.1 Å². The molecule has 0 bridgehead atoms. The van der Waals surface area contributed by atoms with E-state index in [9.17, 15) is 9.18 Å². The van der Waals surface area contributed by atoms with Crippen LogP contribution in [0.3, 0.4) is 0 Å². The lowest BCUT2D eigenvalue weighted by Gasteiger charge is -2.10. The summed E-state index contributed by atoms with van der Waals surface area (Å²) in [5.41, 5.74) is 3.17. The zero-order valence-electron chi connectivity index (χ0n) is 13.4. The molecule has 6 nitrogen and oxygen atoms in total. The first-order valence-corrected chi connectivity index (χ1v) is 7.71. The van der Waals surface area contributed by atoms with Crippen LogP contribution in [0.25, 0.3) is 11.1 Å². The van der Waals surface area contributed by atoms with Gasteiger partial charge in [-0.25, -0.2) is 4.39 Å². The Labute approximate surface area is 142 Å². The molecule has 0 aliphatic carbocycles. The summed E-state index contributed by atoms with van der Waals surface area (Å²) < 4.78 is 22.3. The molecule has 1 amide bonds. The van der Waals surface area contributed by atoms with E-state index in [1.165, 1.54) is 12.1 Å². The molecule has 0 saturated carbocycles. The van der Waals surface area contributed by atoms with Crippen molar-refractivity contribution in [1.29, 1.82) is 0 Å². The van der Waals surface area contributed by atoms with E-state index in [1.807, 2.05) is 6.07 Å². The number of aromatic nitrogens is 3. The Balaban J connectivity index is 1.70. The molecule has 3 heterocycles. The van der Waals surface area contributed by atoms with Crippen molar-refractivity contribution >= 4 is 22.7 Å². The molecule has 1 N–H and O–H groups in total. The van der Waals surface area contributed by atoms with Crippen LogP contribution in [0.5, 0.6) is 0 Å². The molecule has 0 radical (unpaired) electrons. The number of hydrogen-bond donors (Lipinski definition) is 1. The quantitative estimate of drug-likeness (QED) is 0.620. The predicted molar refractivity (Wildman–Crippen MR) is 90.9 cm³/mol. The molecule has 0 aliphatic rings. The van der Waals surface area contributed by atoms with Gasteiger partial charge in [0.25, 0.3) is 5.91 Å². The van der Waals surface area contributed by atoms with Crippen LogP contribution in [-0.4, -0.2) is 20.3 Å². The SMILES string of the molecule is Cn1cc(NC(=O)c2cc3occc3n2Cc2cccc(F)c2)cn1. The van der Waals surface area contributed by atoms with Crippen molar-refractivity contribution in [3.63, 3.8) is 0 Å². The zero-order chi connectivity index (χ0) is 17.4.